The number of nitrogens with zero attached hydrogens (tertiary/aromatic N) is 1. The predicted octanol–water partition coefficient (Wildman–Crippen LogP) is 3.83. The van der Waals surface area contributed by atoms with Gasteiger partial charge in [0.15, 0.2) is 0 Å². The number of para-hydroxylation sites is 1. The molecule has 0 radical (unpaired) electrons. The van der Waals surface area contributed by atoms with Gasteiger partial charge in [-0.3, -0.25) is 9.59 Å². The summed E-state index contributed by atoms with van der Waals surface area (Å²) in [6.45, 7) is 4.19. The quantitative estimate of drug-likeness (QED) is 0.805. The molecule has 0 aliphatic carbocycles. The highest BCUT2D eigenvalue weighted by molar-refractivity contribution is 7.12. The maximum Gasteiger partial charge on any atom is 0.266 e. The molecule has 0 spiro atoms. The van der Waals surface area contributed by atoms with Crippen LogP contribution in [-0.4, -0.2) is 11.8 Å². The van der Waals surface area contributed by atoms with Crippen molar-refractivity contribution < 1.29 is 9.59 Å². The summed E-state index contributed by atoms with van der Waals surface area (Å²) in [5, 5.41) is 2.10. The predicted molar refractivity (Wildman–Crippen MR) is 90.0 cm³/mol. The molecule has 4 heteroatoms. The molecule has 0 bridgehead atoms. The monoisotopic (exact) mass is 311 g/mol. The van der Waals surface area contributed by atoms with E-state index in [2.05, 4.69) is 19.2 Å². The lowest BCUT2D eigenvalue weighted by Gasteiger charge is -2.14. The second-order valence-electron chi connectivity index (χ2n) is 5.15. The van der Waals surface area contributed by atoms with E-state index in [4.69, 9.17) is 0 Å². The zero-order chi connectivity index (χ0) is 15.7. The summed E-state index contributed by atoms with van der Waals surface area (Å²) in [5.74, 6) is -0.491. The second-order valence-corrected chi connectivity index (χ2v) is 6.03. The van der Waals surface area contributed by atoms with E-state index < -0.39 is 0 Å². The Bertz CT molecular complexity index is 759. The summed E-state index contributed by atoms with van der Waals surface area (Å²) in [5.41, 5.74) is 3.60. The van der Waals surface area contributed by atoms with Gasteiger partial charge in [-0.15, -0.1) is 11.3 Å². The van der Waals surface area contributed by atoms with Gasteiger partial charge in [-0.2, -0.15) is 0 Å². The SMILES string of the molecule is CCc1csc(C2=CC(=O)N(c3ccccc3)C2=O)c1CC. The van der Waals surface area contributed by atoms with Gasteiger partial charge in [-0.1, -0.05) is 32.0 Å². The number of hydrogen-bond acceptors (Lipinski definition) is 3. The summed E-state index contributed by atoms with van der Waals surface area (Å²) >= 11 is 1.56. The van der Waals surface area contributed by atoms with Gasteiger partial charge in [0.25, 0.3) is 11.8 Å². The Morgan fingerprint density at radius 3 is 2.41 bits per heavy atom. The lowest BCUT2D eigenvalue weighted by Crippen LogP contribution is -2.30. The summed E-state index contributed by atoms with van der Waals surface area (Å²) in [6.07, 6.45) is 3.28. The van der Waals surface area contributed by atoms with E-state index in [1.807, 2.05) is 18.2 Å². The molecule has 0 saturated carbocycles. The number of hydrogen-bond donors (Lipinski definition) is 0. The third-order valence-electron chi connectivity index (χ3n) is 3.90. The number of rotatable bonds is 4. The maximum atomic E-state index is 12.7. The van der Waals surface area contributed by atoms with Crippen LogP contribution in [0.4, 0.5) is 5.69 Å². The standard InChI is InChI=1S/C18H17NO2S/c1-3-12-11-22-17(14(12)4-2)15-10-16(20)19(18(15)21)13-8-6-5-7-9-13/h5-11H,3-4H2,1-2H3. The average molecular weight is 311 g/mol. The first-order valence-corrected chi connectivity index (χ1v) is 8.30. The molecule has 2 heterocycles. The number of carbonyl (C=O) groups excluding carboxylic acids is 2. The van der Waals surface area contributed by atoms with Crippen molar-refractivity contribution in [1.82, 2.24) is 0 Å². The number of anilines is 1. The van der Waals surface area contributed by atoms with Crippen molar-refractivity contribution in [3.05, 3.63) is 57.8 Å². The van der Waals surface area contributed by atoms with Crippen LogP contribution in [-0.2, 0) is 22.4 Å². The molecule has 0 atom stereocenters. The first-order chi connectivity index (χ1) is 10.7. The van der Waals surface area contributed by atoms with Crippen LogP contribution >= 0.6 is 11.3 Å². The van der Waals surface area contributed by atoms with Crippen molar-refractivity contribution in [3.63, 3.8) is 0 Å². The number of imide groups is 1. The van der Waals surface area contributed by atoms with Crippen LogP contribution in [0.2, 0.25) is 0 Å². The summed E-state index contributed by atoms with van der Waals surface area (Å²) in [6, 6.07) is 9.07. The molecule has 22 heavy (non-hydrogen) atoms. The molecule has 0 fully saturated rings. The van der Waals surface area contributed by atoms with E-state index in [9.17, 15) is 9.59 Å². The Morgan fingerprint density at radius 2 is 1.77 bits per heavy atom. The van der Waals surface area contributed by atoms with Crippen molar-refractivity contribution in [3.8, 4) is 0 Å². The minimum Gasteiger partial charge on any atom is -0.269 e. The molecule has 3 nitrogen and oxygen atoms in total. The van der Waals surface area contributed by atoms with Crippen LogP contribution in [0.3, 0.4) is 0 Å². The van der Waals surface area contributed by atoms with Gasteiger partial charge < -0.3 is 0 Å². The highest BCUT2D eigenvalue weighted by Gasteiger charge is 2.34. The molecule has 2 amide bonds. The number of aryl methyl sites for hydroxylation is 1. The van der Waals surface area contributed by atoms with Gasteiger partial charge in [-0.05, 0) is 41.5 Å². The molecule has 0 saturated heterocycles. The topological polar surface area (TPSA) is 37.4 Å². The smallest absolute Gasteiger partial charge is 0.266 e. The highest BCUT2D eigenvalue weighted by Crippen LogP contribution is 2.35. The molecule has 1 aliphatic heterocycles. The fourth-order valence-corrected chi connectivity index (χ4v) is 4.04. The van der Waals surface area contributed by atoms with Gasteiger partial charge in [0.1, 0.15) is 0 Å². The van der Waals surface area contributed by atoms with Crippen LogP contribution in [0.5, 0.6) is 0 Å². The largest absolute Gasteiger partial charge is 0.269 e. The number of thiophene rings is 1. The van der Waals surface area contributed by atoms with Gasteiger partial charge in [-0.25, -0.2) is 4.90 Å². The lowest BCUT2D eigenvalue weighted by atomic mass is 10.0. The van der Waals surface area contributed by atoms with E-state index >= 15 is 0 Å². The molecule has 1 aromatic heterocycles. The van der Waals surface area contributed by atoms with Crippen molar-refractivity contribution in [2.45, 2.75) is 26.7 Å². The van der Waals surface area contributed by atoms with Crippen molar-refractivity contribution in [1.29, 1.82) is 0 Å². The Labute approximate surface area is 133 Å². The van der Waals surface area contributed by atoms with Crippen molar-refractivity contribution in [2.75, 3.05) is 4.90 Å². The molecule has 1 aromatic carbocycles. The third kappa shape index (κ3) is 2.29. The summed E-state index contributed by atoms with van der Waals surface area (Å²) in [4.78, 5) is 27.2. The third-order valence-corrected chi connectivity index (χ3v) is 5.00. The Balaban J connectivity index is 2.01. The second kappa shape index (κ2) is 5.89. The van der Waals surface area contributed by atoms with Gasteiger partial charge >= 0.3 is 0 Å². The zero-order valence-corrected chi connectivity index (χ0v) is 13.4. The maximum absolute atomic E-state index is 12.7. The minimum absolute atomic E-state index is 0.226. The molecule has 0 N–H and O–H groups in total. The van der Waals surface area contributed by atoms with Gasteiger partial charge in [0, 0.05) is 11.0 Å². The molecular formula is C18H17NO2S. The molecule has 112 valence electrons. The van der Waals surface area contributed by atoms with Crippen molar-refractivity contribution in [2.24, 2.45) is 0 Å². The first-order valence-electron chi connectivity index (χ1n) is 7.42. The van der Waals surface area contributed by atoms with Crippen LogP contribution in [0.25, 0.3) is 5.57 Å². The number of amides is 2. The fraction of sp³-hybridized carbons (Fsp3) is 0.222. The molecule has 0 unspecified atom stereocenters. The molecule has 2 aromatic rings. The molecule has 1 aliphatic rings. The highest BCUT2D eigenvalue weighted by atomic mass is 32.1. The van der Waals surface area contributed by atoms with E-state index in [1.165, 1.54) is 22.1 Å². The average Bonchev–Trinajstić information content (AvgIpc) is 3.08. The molecule has 3 rings (SSSR count). The van der Waals surface area contributed by atoms with Crippen LogP contribution < -0.4 is 4.90 Å². The van der Waals surface area contributed by atoms with E-state index in [-0.39, 0.29) is 11.8 Å². The van der Waals surface area contributed by atoms with E-state index in [0.717, 1.165) is 17.7 Å². The molecular weight excluding hydrogens is 294 g/mol. The van der Waals surface area contributed by atoms with E-state index in [1.54, 1.807) is 23.5 Å². The number of benzene rings is 1. The van der Waals surface area contributed by atoms with Crippen molar-refractivity contribution >= 4 is 34.4 Å². The van der Waals surface area contributed by atoms with Gasteiger partial charge in [0.2, 0.25) is 0 Å². The van der Waals surface area contributed by atoms with Crippen LogP contribution in [0.15, 0.2) is 41.8 Å². The number of carbonyl (C=O) groups is 2. The first kappa shape index (κ1) is 14.7. The van der Waals surface area contributed by atoms with Crippen LogP contribution in [0, 0.1) is 0 Å². The summed E-state index contributed by atoms with van der Waals surface area (Å²) in [7, 11) is 0. The van der Waals surface area contributed by atoms with Crippen LogP contribution in [0.1, 0.15) is 29.9 Å². The Hall–Kier alpha value is -2.20. The Kier molecular flexibility index (Phi) is 3.94. The zero-order valence-electron chi connectivity index (χ0n) is 12.6. The normalized spacial score (nSPS) is 14.6. The minimum atomic E-state index is -0.264. The Morgan fingerprint density at radius 1 is 1.05 bits per heavy atom. The summed E-state index contributed by atoms with van der Waals surface area (Å²) < 4.78 is 0. The fourth-order valence-electron chi connectivity index (χ4n) is 2.78. The van der Waals surface area contributed by atoms with Gasteiger partial charge in [0.05, 0.1) is 11.3 Å². The van der Waals surface area contributed by atoms with E-state index in [0.29, 0.717) is 11.3 Å². The lowest BCUT2D eigenvalue weighted by molar-refractivity contribution is -0.119.